The molecule has 1 heterocycles. The molecule has 3 N–H and O–H groups in total. The number of benzene rings is 2. The summed E-state index contributed by atoms with van der Waals surface area (Å²) < 4.78 is 11.1. The number of hydrazone groups is 1. The number of carbonyl (C=O) groups is 1. The van der Waals surface area contributed by atoms with Crippen LogP contribution >= 0.6 is 0 Å². The van der Waals surface area contributed by atoms with Crippen LogP contribution < -0.4 is 26.1 Å². The summed E-state index contributed by atoms with van der Waals surface area (Å²) in [5.74, 6) is 0.530. The van der Waals surface area contributed by atoms with E-state index in [0.717, 1.165) is 5.56 Å². The molecule has 0 aliphatic rings. The molecular weight excluding hydrogens is 390 g/mol. The molecule has 0 saturated heterocycles. The first-order valence-corrected chi connectivity index (χ1v) is 8.89. The number of ether oxygens (including phenoxy) is 2. The minimum Gasteiger partial charge on any atom is -0.493 e. The van der Waals surface area contributed by atoms with Gasteiger partial charge in [-0.25, -0.2) is 15.3 Å². The summed E-state index contributed by atoms with van der Waals surface area (Å²) >= 11 is 0. The maximum absolute atomic E-state index is 11.9. The molecule has 30 heavy (non-hydrogen) atoms. The summed E-state index contributed by atoms with van der Waals surface area (Å²) in [6.45, 7) is 0.401. The van der Waals surface area contributed by atoms with Gasteiger partial charge in [0.15, 0.2) is 11.5 Å². The zero-order valence-corrected chi connectivity index (χ0v) is 16.0. The van der Waals surface area contributed by atoms with Gasteiger partial charge in [0.2, 0.25) is 5.91 Å². The molecular formula is C20H19N5O5. The van der Waals surface area contributed by atoms with Gasteiger partial charge in [0.05, 0.1) is 19.7 Å². The van der Waals surface area contributed by atoms with Crippen molar-refractivity contribution < 1.29 is 14.3 Å². The first-order valence-electron chi connectivity index (χ1n) is 8.89. The van der Waals surface area contributed by atoms with Crippen LogP contribution in [0.5, 0.6) is 11.5 Å². The monoisotopic (exact) mass is 409 g/mol. The first-order chi connectivity index (χ1) is 14.5. The Morgan fingerprint density at radius 1 is 1.17 bits per heavy atom. The number of H-pyrrole nitrogens is 2. The Hall–Kier alpha value is -4.21. The van der Waals surface area contributed by atoms with Gasteiger partial charge in [-0.2, -0.15) is 10.2 Å². The van der Waals surface area contributed by atoms with Crippen molar-refractivity contribution in [3.63, 3.8) is 0 Å². The van der Waals surface area contributed by atoms with Gasteiger partial charge >= 0.3 is 5.69 Å². The van der Waals surface area contributed by atoms with E-state index in [4.69, 9.17) is 9.47 Å². The van der Waals surface area contributed by atoms with Crippen molar-refractivity contribution >= 4 is 12.1 Å². The van der Waals surface area contributed by atoms with Gasteiger partial charge in [0.25, 0.3) is 5.56 Å². The maximum Gasteiger partial charge on any atom is 0.342 e. The molecule has 0 spiro atoms. The van der Waals surface area contributed by atoms with Crippen molar-refractivity contribution in [1.29, 1.82) is 0 Å². The largest absolute Gasteiger partial charge is 0.493 e. The van der Waals surface area contributed by atoms with Crippen molar-refractivity contribution in [2.24, 2.45) is 5.10 Å². The third-order valence-electron chi connectivity index (χ3n) is 3.94. The molecule has 3 aromatic rings. The highest BCUT2D eigenvalue weighted by Gasteiger charge is 2.09. The Kier molecular flexibility index (Phi) is 6.72. The number of nitrogens with zero attached hydrogens (tertiary/aromatic N) is 2. The van der Waals surface area contributed by atoms with Crippen molar-refractivity contribution in [3.05, 3.63) is 86.2 Å². The number of hydrogen-bond acceptors (Lipinski definition) is 7. The average molecular weight is 409 g/mol. The zero-order valence-electron chi connectivity index (χ0n) is 16.0. The molecule has 0 fully saturated rings. The molecule has 1 aromatic heterocycles. The van der Waals surface area contributed by atoms with Crippen LogP contribution in [-0.2, 0) is 17.8 Å². The fourth-order valence-electron chi connectivity index (χ4n) is 2.48. The molecule has 0 unspecified atom stereocenters. The van der Waals surface area contributed by atoms with E-state index in [1.165, 1.54) is 13.3 Å². The lowest BCUT2D eigenvalue weighted by Crippen LogP contribution is -2.31. The average Bonchev–Trinajstić information content (AvgIpc) is 2.75. The Labute approximate surface area is 170 Å². The lowest BCUT2D eigenvalue weighted by atomic mass is 10.2. The molecule has 0 bridgehead atoms. The van der Waals surface area contributed by atoms with E-state index < -0.39 is 17.2 Å². The molecule has 2 aromatic carbocycles. The topological polar surface area (TPSA) is 139 Å². The van der Waals surface area contributed by atoms with Gasteiger partial charge in [-0.05, 0) is 29.3 Å². The van der Waals surface area contributed by atoms with E-state index in [1.54, 1.807) is 18.2 Å². The van der Waals surface area contributed by atoms with Gasteiger partial charge in [-0.3, -0.25) is 14.6 Å². The van der Waals surface area contributed by atoms with Crippen molar-refractivity contribution in [1.82, 2.24) is 20.6 Å². The van der Waals surface area contributed by atoms with Crippen LogP contribution in [0.3, 0.4) is 0 Å². The summed E-state index contributed by atoms with van der Waals surface area (Å²) in [5.41, 5.74) is 2.40. The Morgan fingerprint density at radius 3 is 2.70 bits per heavy atom. The smallest absolute Gasteiger partial charge is 0.342 e. The van der Waals surface area contributed by atoms with E-state index in [1.807, 2.05) is 35.3 Å². The SMILES string of the molecule is COc1cc(C=NNC(=O)Cc2n[nH]c(=O)[nH]c2=O)ccc1OCc1ccccc1. The Bertz CT molecular complexity index is 1150. The lowest BCUT2D eigenvalue weighted by molar-refractivity contribution is -0.120. The highest BCUT2D eigenvalue weighted by molar-refractivity contribution is 5.83. The van der Waals surface area contributed by atoms with Crippen LogP contribution in [0.1, 0.15) is 16.8 Å². The minimum atomic E-state index is -0.743. The third-order valence-corrected chi connectivity index (χ3v) is 3.94. The van der Waals surface area contributed by atoms with E-state index >= 15 is 0 Å². The van der Waals surface area contributed by atoms with Crippen molar-refractivity contribution in [3.8, 4) is 11.5 Å². The third kappa shape index (κ3) is 5.64. The molecule has 0 atom stereocenters. The normalized spacial score (nSPS) is 10.7. The number of aromatic amines is 2. The molecule has 3 rings (SSSR count). The molecule has 154 valence electrons. The molecule has 1 amide bonds. The van der Waals surface area contributed by atoms with Crippen LogP contribution in [0.25, 0.3) is 0 Å². The standard InChI is InChI=1S/C20H19N5O5/c1-29-17-9-14(7-8-16(17)30-12-13-5-3-2-4-6-13)11-21-24-18(26)10-15-19(27)22-20(28)25-23-15/h2-9,11H,10,12H2,1H3,(H,24,26)(H2,22,25,27,28). The second-order valence-electron chi connectivity index (χ2n) is 6.11. The predicted molar refractivity (Wildman–Crippen MR) is 109 cm³/mol. The number of nitrogens with one attached hydrogen (secondary N) is 3. The number of amides is 1. The van der Waals surface area contributed by atoms with E-state index in [2.05, 4.69) is 20.7 Å². The predicted octanol–water partition coefficient (Wildman–Crippen LogP) is 0.739. The molecule has 0 radical (unpaired) electrons. The summed E-state index contributed by atoms with van der Waals surface area (Å²) in [6, 6.07) is 15.0. The molecule has 10 heteroatoms. The van der Waals surface area contributed by atoms with Crippen LogP contribution in [0.4, 0.5) is 0 Å². The Morgan fingerprint density at radius 2 is 1.97 bits per heavy atom. The number of aromatic nitrogens is 3. The number of rotatable bonds is 8. The molecule has 0 saturated carbocycles. The van der Waals surface area contributed by atoms with Gasteiger partial charge in [-0.1, -0.05) is 30.3 Å². The van der Waals surface area contributed by atoms with Crippen LogP contribution in [0.15, 0.2) is 63.2 Å². The zero-order chi connectivity index (χ0) is 21.3. The molecule has 10 nitrogen and oxygen atoms in total. The van der Waals surface area contributed by atoms with Crippen LogP contribution in [-0.4, -0.2) is 34.4 Å². The van der Waals surface area contributed by atoms with Gasteiger partial charge in [0.1, 0.15) is 12.3 Å². The number of carbonyl (C=O) groups excluding carboxylic acids is 1. The van der Waals surface area contributed by atoms with E-state index in [0.29, 0.717) is 23.7 Å². The second-order valence-corrected chi connectivity index (χ2v) is 6.11. The summed E-state index contributed by atoms with van der Waals surface area (Å²) in [5, 5.41) is 9.44. The highest BCUT2D eigenvalue weighted by Crippen LogP contribution is 2.28. The number of methoxy groups -OCH3 is 1. The summed E-state index contributed by atoms with van der Waals surface area (Å²) in [6.07, 6.45) is 1.09. The minimum absolute atomic E-state index is 0.121. The van der Waals surface area contributed by atoms with Gasteiger partial charge in [0, 0.05) is 0 Å². The maximum atomic E-state index is 11.9. The van der Waals surface area contributed by atoms with E-state index in [9.17, 15) is 14.4 Å². The lowest BCUT2D eigenvalue weighted by Gasteiger charge is -2.11. The van der Waals surface area contributed by atoms with Gasteiger partial charge < -0.3 is 9.47 Å². The highest BCUT2D eigenvalue weighted by atomic mass is 16.5. The summed E-state index contributed by atoms with van der Waals surface area (Å²) in [7, 11) is 1.53. The molecule has 0 aliphatic carbocycles. The quantitative estimate of drug-likeness (QED) is 0.370. The second kappa shape index (κ2) is 9.82. The fourth-order valence-corrected chi connectivity index (χ4v) is 2.48. The van der Waals surface area contributed by atoms with Crippen molar-refractivity contribution in [2.45, 2.75) is 13.0 Å². The van der Waals surface area contributed by atoms with Crippen molar-refractivity contribution in [2.75, 3.05) is 7.11 Å². The number of hydrogen-bond donors (Lipinski definition) is 3. The summed E-state index contributed by atoms with van der Waals surface area (Å²) in [4.78, 5) is 36.3. The van der Waals surface area contributed by atoms with E-state index in [-0.39, 0.29) is 12.1 Å². The van der Waals surface area contributed by atoms with Gasteiger partial charge in [-0.15, -0.1) is 0 Å². The molecule has 0 aliphatic heterocycles. The van der Waals surface area contributed by atoms with Crippen LogP contribution in [0, 0.1) is 0 Å². The first kappa shape index (κ1) is 20.5. The fraction of sp³-hybridized carbons (Fsp3) is 0.150. The van der Waals surface area contributed by atoms with Crippen LogP contribution in [0.2, 0.25) is 0 Å². The Balaban J connectivity index is 1.59.